The van der Waals surface area contributed by atoms with Crippen molar-refractivity contribution >= 4 is 23.2 Å². The van der Waals surface area contributed by atoms with Crippen LogP contribution < -0.4 is 10.5 Å². The van der Waals surface area contributed by atoms with E-state index in [1.807, 2.05) is 6.92 Å². The third-order valence-electron chi connectivity index (χ3n) is 3.42. The number of aryl methyl sites for hydroxylation is 1. The molecule has 3 N–H and O–H groups in total. The summed E-state index contributed by atoms with van der Waals surface area (Å²) in [6.07, 6.45) is 0. The first-order valence-corrected chi connectivity index (χ1v) is 6.86. The molecule has 1 aliphatic heterocycles. The number of allylic oxidation sites excluding steroid dienone is 1. The highest BCUT2D eigenvalue weighted by atomic mass is 35.5. The minimum Gasteiger partial charge on any atom is -0.420 e. The van der Waals surface area contributed by atoms with Gasteiger partial charge in [0.1, 0.15) is 11.6 Å². The van der Waals surface area contributed by atoms with Crippen molar-refractivity contribution in [1.29, 1.82) is 5.26 Å². The Bertz CT molecular complexity index is 784. The average Bonchev–Trinajstić information content (AvgIpc) is 2.79. The minimum atomic E-state index is -0.501. The molecule has 5 nitrogen and oxygen atoms in total. The second-order valence-corrected chi connectivity index (χ2v) is 5.44. The van der Waals surface area contributed by atoms with Gasteiger partial charge >= 0.3 is 0 Å². The molecule has 1 aromatic heterocycles. The Morgan fingerprint density at radius 1 is 1.33 bits per heavy atom. The van der Waals surface area contributed by atoms with E-state index in [0.717, 1.165) is 11.3 Å². The Hall–Kier alpha value is -2.16. The van der Waals surface area contributed by atoms with Gasteiger partial charge in [0.05, 0.1) is 5.92 Å². The molecule has 21 heavy (non-hydrogen) atoms. The number of H-pyrrole nitrogens is 1. The van der Waals surface area contributed by atoms with E-state index in [1.165, 1.54) is 0 Å². The number of ether oxygens (including phenoxy) is 1. The molecular weight excluding hydrogens is 311 g/mol. The number of nitrogens with two attached hydrogens (primary N) is 1. The van der Waals surface area contributed by atoms with Gasteiger partial charge in [0.25, 0.3) is 0 Å². The number of nitrogens with zero attached hydrogens (tertiary/aromatic N) is 2. The molecule has 0 saturated carbocycles. The smallest absolute Gasteiger partial charge is 0.244 e. The van der Waals surface area contributed by atoms with Crippen LogP contribution in [0, 0.1) is 18.3 Å². The van der Waals surface area contributed by atoms with Gasteiger partial charge in [0, 0.05) is 26.9 Å². The van der Waals surface area contributed by atoms with Gasteiger partial charge in [-0.25, -0.2) is 0 Å². The van der Waals surface area contributed by atoms with E-state index in [0.29, 0.717) is 21.5 Å². The topological polar surface area (TPSA) is 87.7 Å². The number of benzene rings is 1. The van der Waals surface area contributed by atoms with Crippen LogP contribution in [-0.4, -0.2) is 10.2 Å². The largest absolute Gasteiger partial charge is 0.420 e. The second kappa shape index (κ2) is 4.99. The lowest BCUT2D eigenvalue weighted by Gasteiger charge is -2.25. The van der Waals surface area contributed by atoms with Crippen LogP contribution in [0.5, 0.6) is 5.88 Å². The van der Waals surface area contributed by atoms with Crippen molar-refractivity contribution in [2.75, 3.05) is 0 Å². The number of fused-ring (bicyclic) bond motifs is 1. The summed E-state index contributed by atoms with van der Waals surface area (Å²) in [5.74, 6) is -0.152. The van der Waals surface area contributed by atoms with E-state index < -0.39 is 5.92 Å². The zero-order chi connectivity index (χ0) is 15.1. The number of aromatic nitrogens is 2. The molecule has 7 heteroatoms. The molecule has 0 spiro atoms. The van der Waals surface area contributed by atoms with Crippen LogP contribution in [0.3, 0.4) is 0 Å². The number of hydrogen-bond acceptors (Lipinski definition) is 4. The maximum absolute atomic E-state index is 9.44. The van der Waals surface area contributed by atoms with Crippen molar-refractivity contribution in [3.8, 4) is 11.9 Å². The number of aromatic amines is 1. The fourth-order valence-corrected chi connectivity index (χ4v) is 3.09. The predicted octanol–water partition coefficient (Wildman–Crippen LogP) is 3.24. The third kappa shape index (κ3) is 2.04. The highest BCUT2D eigenvalue weighted by molar-refractivity contribution is 6.36. The van der Waals surface area contributed by atoms with Crippen molar-refractivity contribution in [1.82, 2.24) is 10.2 Å². The first-order chi connectivity index (χ1) is 10.0. The van der Waals surface area contributed by atoms with Gasteiger partial charge < -0.3 is 10.5 Å². The third-order valence-corrected chi connectivity index (χ3v) is 4.08. The summed E-state index contributed by atoms with van der Waals surface area (Å²) >= 11 is 12.6. The highest BCUT2D eigenvalue weighted by Gasteiger charge is 2.36. The Balaban J connectivity index is 2.33. The lowest BCUT2D eigenvalue weighted by atomic mass is 9.84. The van der Waals surface area contributed by atoms with Crippen LogP contribution in [0.25, 0.3) is 0 Å². The quantitative estimate of drug-likeness (QED) is 0.844. The van der Waals surface area contributed by atoms with E-state index in [4.69, 9.17) is 33.7 Å². The molecule has 0 saturated heterocycles. The molecule has 0 fully saturated rings. The van der Waals surface area contributed by atoms with Crippen LogP contribution >= 0.6 is 23.2 Å². The van der Waals surface area contributed by atoms with Crippen molar-refractivity contribution in [2.24, 2.45) is 5.73 Å². The SMILES string of the molecule is Cc1[nH]nc2c1C(c1c(Cl)cccc1Cl)C(C#N)=C(N)O2. The zero-order valence-corrected chi connectivity index (χ0v) is 12.5. The molecule has 1 unspecified atom stereocenters. The predicted molar refractivity (Wildman–Crippen MR) is 79.1 cm³/mol. The fraction of sp³-hybridized carbons (Fsp3) is 0.143. The van der Waals surface area contributed by atoms with Crippen molar-refractivity contribution < 1.29 is 4.74 Å². The molecule has 106 valence electrons. The maximum atomic E-state index is 9.44. The Kier molecular flexibility index (Phi) is 3.28. The van der Waals surface area contributed by atoms with Crippen LogP contribution in [0.1, 0.15) is 22.7 Å². The lowest BCUT2D eigenvalue weighted by Crippen LogP contribution is -2.21. The molecule has 1 atom stereocenters. The van der Waals surface area contributed by atoms with E-state index in [2.05, 4.69) is 16.3 Å². The summed E-state index contributed by atoms with van der Waals surface area (Å²) in [6.45, 7) is 1.84. The molecule has 2 aromatic rings. The van der Waals surface area contributed by atoms with Gasteiger partial charge in [-0.1, -0.05) is 29.3 Å². The van der Waals surface area contributed by atoms with E-state index in [1.54, 1.807) is 18.2 Å². The Morgan fingerprint density at radius 2 is 2.00 bits per heavy atom. The van der Waals surface area contributed by atoms with Gasteiger partial charge in [0.2, 0.25) is 11.8 Å². The Morgan fingerprint density at radius 3 is 2.62 bits per heavy atom. The number of rotatable bonds is 1. The molecular formula is C14H10Cl2N4O. The van der Waals surface area contributed by atoms with Crippen LogP contribution in [0.2, 0.25) is 10.0 Å². The monoisotopic (exact) mass is 320 g/mol. The van der Waals surface area contributed by atoms with Gasteiger partial charge in [-0.3, -0.25) is 5.10 Å². The molecule has 0 amide bonds. The highest BCUT2D eigenvalue weighted by Crippen LogP contribution is 2.46. The summed E-state index contributed by atoms with van der Waals surface area (Å²) < 4.78 is 5.39. The molecule has 0 bridgehead atoms. The summed E-state index contributed by atoms with van der Waals surface area (Å²) in [6, 6.07) is 7.27. The standard InChI is InChI=1S/C14H10Cl2N4O/c1-6-10-11(12-8(15)3-2-4-9(12)16)7(5-17)13(18)21-14(10)20-19-6/h2-4,11H,18H2,1H3,(H,19,20). The average molecular weight is 321 g/mol. The summed E-state index contributed by atoms with van der Waals surface area (Å²) in [5, 5.41) is 17.2. The summed E-state index contributed by atoms with van der Waals surface area (Å²) in [4.78, 5) is 0. The Labute approximate surface area is 130 Å². The van der Waals surface area contributed by atoms with Gasteiger partial charge in [-0.15, -0.1) is 5.10 Å². The van der Waals surface area contributed by atoms with E-state index in [-0.39, 0.29) is 11.5 Å². The molecule has 3 rings (SSSR count). The molecule has 0 radical (unpaired) electrons. The van der Waals surface area contributed by atoms with Gasteiger partial charge in [-0.05, 0) is 19.1 Å². The second-order valence-electron chi connectivity index (χ2n) is 4.63. The van der Waals surface area contributed by atoms with Crippen LogP contribution in [0.15, 0.2) is 29.7 Å². The summed E-state index contributed by atoms with van der Waals surface area (Å²) in [5.41, 5.74) is 8.21. The van der Waals surface area contributed by atoms with Gasteiger partial charge in [0.15, 0.2) is 0 Å². The number of hydrogen-bond donors (Lipinski definition) is 2. The fourth-order valence-electron chi connectivity index (χ4n) is 2.47. The normalized spacial score (nSPS) is 17.1. The van der Waals surface area contributed by atoms with E-state index >= 15 is 0 Å². The van der Waals surface area contributed by atoms with Crippen LogP contribution in [0.4, 0.5) is 0 Å². The number of halogens is 2. The minimum absolute atomic E-state index is 0.0116. The first-order valence-electron chi connectivity index (χ1n) is 6.11. The van der Waals surface area contributed by atoms with Gasteiger partial charge in [-0.2, -0.15) is 5.26 Å². The molecule has 2 heterocycles. The lowest BCUT2D eigenvalue weighted by molar-refractivity contribution is 0.379. The van der Waals surface area contributed by atoms with Crippen molar-refractivity contribution in [2.45, 2.75) is 12.8 Å². The van der Waals surface area contributed by atoms with Crippen molar-refractivity contribution in [3.05, 3.63) is 56.5 Å². The van der Waals surface area contributed by atoms with Crippen molar-refractivity contribution in [3.63, 3.8) is 0 Å². The zero-order valence-electron chi connectivity index (χ0n) is 10.9. The number of nitriles is 1. The maximum Gasteiger partial charge on any atom is 0.244 e. The number of nitrogens with one attached hydrogen (secondary N) is 1. The molecule has 1 aliphatic rings. The van der Waals surface area contributed by atoms with E-state index in [9.17, 15) is 5.26 Å². The first kappa shape index (κ1) is 13.8. The molecule has 1 aromatic carbocycles. The molecule has 0 aliphatic carbocycles. The van der Waals surface area contributed by atoms with Crippen LogP contribution in [-0.2, 0) is 0 Å². The summed E-state index contributed by atoms with van der Waals surface area (Å²) in [7, 11) is 0.